The van der Waals surface area contributed by atoms with Crippen molar-refractivity contribution >= 4 is 0 Å². The highest BCUT2D eigenvalue weighted by atomic mass is 15.2. The highest BCUT2D eigenvalue weighted by Crippen LogP contribution is 2.39. The molecule has 0 aromatic heterocycles. The molecule has 0 spiro atoms. The van der Waals surface area contributed by atoms with Gasteiger partial charge in [0.2, 0.25) is 0 Å². The molecule has 2 rings (SSSR count). The van der Waals surface area contributed by atoms with Crippen molar-refractivity contribution in [2.45, 2.75) is 78.7 Å². The predicted molar refractivity (Wildman–Crippen MR) is 92.7 cm³/mol. The molecule has 124 valence electrons. The molecular weight excluding hydrogens is 256 g/mol. The minimum atomic E-state index is 0.515. The van der Waals surface area contributed by atoms with Crippen molar-refractivity contribution in [3.05, 3.63) is 0 Å². The van der Waals surface area contributed by atoms with Crippen LogP contribution < -0.4 is 5.32 Å². The highest BCUT2D eigenvalue weighted by Gasteiger charge is 2.29. The molecule has 2 aliphatic rings. The number of likely N-dealkylation sites (tertiary alicyclic amines) is 1. The van der Waals surface area contributed by atoms with Crippen LogP contribution in [0, 0.1) is 17.3 Å². The van der Waals surface area contributed by atoms with Crippen LogP contribution in [0.5, 0.6) is 0 Å². The van der Waals surface area contributed by atoms with Crippen molar-refractivity contribution in [3.8, 4) is 0 Å². The summed E-state index contributed by atoms with van der Waals surface area (Å²) in [5.41, 5.74) is 0.515. The van der Waals surface area contributed by atoms with Crippen molar-refractivity contribution in [3.63, 3.8) is 0 Å². The van der Waals surface area contributed by atoms with Crippen LogP contribution in [0.15, 0.2) is 0 Å². The first-order valence-electron chi connectivity index (χ1n) is 9.41. The van der Waals surface area contributed by atoms with E-state index in [0.717, 1.165) is 17.9 Å². The van der Waals surface area contributed by atoms with Crippen molar-refractivity contribution in [1.82, 2.24) is 10.2 Å². The Morgan fingerprint density at radius 2 is 1.62 bits per heavy atom. The van der Waals surface area contributed by atoms with Crippen LogP contribution >= 0.6 is 0 Å². The van der Waals surface area contributed by atoms with Crippen LogP contribution in [0.4, 0.5) is 0 Å². The molecular formula is C19H38N2. The third-order valence-electron chi connectivity index (χ3n) is 5.96. The minimum absolute atomic E-state index is 0.515. The van der Waals surface area contributed by atoms with Gasteiger partial charge >= 0.3 is 0 Å². The summed E-state index contributed by atoms with van der Waals surface area (Å²) in [5, 5.41) is 3.76. The Morgan fingerprint density at radius 3 is 2.19 bits per heavy atom. The minimum Gasteiger partial charge on any atom is -0.315 e. The van der Waals surface area contributed by atoms with Gasteiger partial charge in [-0.1, -0.05) is 27.2 Å². The van der Waals surface area contributed by atoms with Crippen LogP contribution in [0.1, 0.15) is 72.6 Å². The fourth-order valence-electron chi connectivity index (χ4n) is 4.22. The van der Waals surface area contributed by atoms with E-state index in [1.807, 2.05) is 0 Å². The van der Waals surface area contributed by atoms with Crippen molar-refractivity contribution < 1.29 is 0 Å². The largest absolute Gasteiger partial charge is 0.315 e. The van der Waals surface area contributed by atoms with Crippen LogP contribution in [-0.4, -0.2) is 37.1 Å². The Hall–Kier alpha value is -0.0800. The van der Waals surface area contributed by atoms with Crippen molar-refractivity contribution in [2.24, 2.45) is 17.3 Å². The van der Waals surface area contributed by atoms with Gasteiger partial charge in [-0.3, -0.25) is 4.90 Å². The molecule has 2 fully saturated rings. The first-order valence-corrected chi connectivity index (χ1v) is 9.41. The van der Waals surface area contributed by atoms with Crippen LogP contribution in [0.3, 0.4) is 0 Å². The normalized spacial score (nSPS) is 30.3. The molecule has 1 saturated carbocycles. The van der Waals surface area contributed by atoms with E-state index in [1.54, 1.807) is 0 Å². The Morgan fingerprint density at radius 1 is 1.00 bits per heavy atom. The molecule has 21 heavy (non-hydrogen) atoms. The molecule has 1 aliphatic carbocycles. The maximum absolute atomic E-state index is 3.76. The first-order chi connectivity index (χ1) is 9.97. The molecule has 2 nitrogen and oxygen atoms in total. The lowest BCUT2D eigenvalue weighted by atomic mass is 9.70. The lowest BCUT2D eigenvalue weighted by Crippen LogP contribution is -2.44. The van der Waals surface area contributed by atoms with Crippen LogP contribution in [-0.2, 0) is 0 Å². The molecule has 1 unspecified atom stereocenters. The van der Waals surface area contributed by atoms with E-state index in [1.165, 1.54) is 71.1 Å². The molecule has 2 heteroatoms. The van der Waals surface area contributed by atoms with Crippen LogP contribution in [0.2, 0.25) is 0 Å². The number of nitrogens with zero attached hydrogens (tertiary/aromatic N) is 1. The van der Waals surface area contributed by atoms with Gasteiger partial charge in [-0.15, -0.1) is 0 Å². The standard InChI is InChI=1S/C19H38N2/c1-16(21-12-6-5-7-13-21)14-20-15-17-8-10-18(11-9-17)19(2,3)4/h16-18,20H,5-15H2,1-4H3. The van der Waals surface area contributed by atoms with Gasteiger partial charge in [-0.2, -0.15) is 0 Å². The highest BCUT2D eigenvalue weighted by molar-refractivity contribution is 4.82. The molecule has 1 atom stereocenters. The number of hydrogen-bond donors (Lipinski definition) is 1. The quantitative estimate of drug-likeness (QED) is 0.813. The molecule has 1 saturated heterocycles. The Labute approximate surface area is 133 Å². The fraction of sp³-hybridized carbons (Fsp3) is 1.00. The summed E-state index contributed by atoms with van der Waals surface area (Å²) in [5.74, 6) is 1.87. The second-order valence-corrected chi connectivity index (χ2v) is 8.69. The van der Waals surface area contributed by atoms with Gasteiger partial charge in [-0.05, 0) is 82.3 Å². The van der Waals surface area contributed by atoms with E-state index in [-0.39, 0.29) is 0 Å². The maximum atomic E-state index is 3.76. The smallest absolute Gasteiger partial charge is 0.0192 e. The van der Waals surface area contributed by atoms with Crippen LogP contribution in [0.25, 0.3) is 0 Å². The zero-order valence-electron chi connectivity index (χ0n) is 15.0. The van der Waals surface area contributed by atoms with Gasteiger partial charge in [0.05, 0.1) is 0 Å². The first kappa shape index (κ1) is 17.3. The van der Waals surface area contributed by atoms with E-state index in [9.17, 15) is 0 Å². The van der Waals surface area contributed by atoms with Gasteiger partial charge in [-0.25, -0.2) is 0 Å². The van der Waals surface area contributed by atoms with Crippen molar-refractivity contribution in [1.29, 1.82) is 0 Å². The van der Waals surface area contributed by atoms with Crippen molar-refractivity contribution in [2.75, 3.05) is 26.2 Å². The fourth-order valence-corrected chi connectivity index (χ4v) is 4.22. The second kappa shape index (κ2) is 7.97. The Bertz CT molecular complexity index is 280. The molecule has 0 radical (unpaired) electrons. The van der Waals surface area contributed by atoms with Gasteiger partial charge in [0.1, 0.15) is 0 Å². The number of rotatable bonds is 5. The summed E-state index contributed by atoms with van der Waals surface area (Å²) in [7, 11) is 0. The van der Waals surface area contributed by atoms with E-state index in [2.05, 4.69) is 37.9 Å². The summed E-state index contributed by atoms with van der Waals surface area (Å²) in [6.07, 6.45) is 10.0. The molecule has 1 aliphatic heterocycles. The zero-order chi connectivity index (χ0) is 15.3. The molecule has 1 N–H and O–H groups in total. The van der Waals surface area contributed by atoms with Gasteiger partial charge in [0.25, 0.3) is 0 Å². The Kier molecular flexibility index (Phi) is 6.55. The molecule has 0 bridgehead atoms. The SMILES string of the molecule is CC(CNCC1CCC(C(C)(C)C)CC1)N1CCCCC1. The summed E-state index contributed by atoms with van der Waals surface area (Å²) in [6, 6.07) is 0.719. The molecule has 0 aromatic rings. The lowest BCUT2D eigenvalue weighted by Gasteiger charge is -2.37. The maximum Gasteiger partial charge on any atom is 0.0192 e. The Balaban J connectivity index is 1.59. The third-order valence-corrected chi connectivity index (χ3v) is 5.96. The zero-order valence-corrected chi connectivity index (χ0v) is 15.0. The van der Waals surface area contributed by atoms with Gasteiger partial charge < -0.3 is 5.32 Å². The topological polar surface area (TPSA) is 15.3 Å². The summed E-state index contributed by atoms with van der Waals surface area (Å²) in [6.45, 7) is 14.7. The molecule has 1 heterocycles. The molecule has 0 aromatic carbocycles. The number of piperidine rings is 1. The second-order valence-electron chi connectivity index (χ2n) is 8.69. The number of nitrogens with one attached hydrogen (secondary N) is 1. The number of hydrogen-bond acceptors (Lipinski definition) is 2. The summed E-state index contributed by atoms with van der Waals surface area (Å²) >= 11 is 0. The van der Waals surface area contributed by atoms with E-state index in [0.29, 0.717) is 5.41 Å². The van der Waals surface area contributed by atoms with Gasteiger partial charge in [0, 0.05) is 12.6 Å². The monoisotopic (exact) mass is 294 g/mol. The lowest BCUT2D eigenvalue weighted by molar-refractivity contribution is 0.143. The third kappa shape index (κ3) is 5.56. The van der Waals surface area contributed by atoms with E-state index >= 15 is 0 Å². The average Bonchev–Trinajstić information content (AvgIpc) is 2.47. The van der Waals surface area contributed by atoms with E-state index in [4.69, 9.17) is 0 Å². The summed E-state index contributed by atoms with van der Waals surface area (Å²) < 4.78 is 0. The van der Waals surface area contributed by atoms with E-state index < -0.39 is 0 Å². The molecule has 0 amide bonds. The van der Waals surface area contributed by atoms with Gasteiger partial charge in [0.15, 0.2) is 0 Å². The summed E-state index contributed by atoms with van der Waals surface area (Å²) in [4.78, 5) is 2.67. The predicted octanol–water partition coefficient (Wildman–Crippen LogP) is 4.30. The average molecular weight is 295 g/mol.